The van der Waals surface area contributed by atoms with E-state index in [9.17, 15) is 9.59 Å². The number of carbonyl (C=O) groups is 1. The molecule has 1 atom stereocenters. The fraction of sp³-hybridized carbons (Fsp3) is 0.583. The third kappa shape index (κ3) is 4.55. The van der Waals surface area contributed by atoms with Crippen molar-refractivity contribution in [1.82, 2.24) is 15.1 Å². The van der Waals surface area contributed by atoms with Gasteiger partial charge in [-0.2, -0.15) is 5.10 Å². The highest BCUT2D eigenvalue weighted by atomic mass is 35.5. The number of aromatic nitrogens is 2. The summed E-state index contributed by atoms with van der Waals surface area (Å²) >= 11 is 5.88. The summed E-state index contributed by atoms with van der Waals surface area (Å²) in [6, 6.07) is 0.168. The molecule has 1 unspecified atom stereocenters. The molecule has 1 heterocycles. The van der Waals surface area contributed by atoms with Crippen molar-refractivity contribution in [2.75, 3.05) is 11.9 Å². The number of hydrogen-bond acceptors (Lipinski definition) is 4. The Morgan fingerprint density at radius 3 is 2.89 bits per heavy atom. The molecule has 1 amide bonds. The monoisotopic (exact) mass is 286 g/mol. The van der Waals surface area contributed by atoms with E-state index in [4.69, 9.17) is 11.6 Å². The maximum Gasteiger partial charge on any atom is 0.287 e. The molecule has 1 aromatic rings. The van der Waals surface area contributed by atoms with Crippen LogP contribution in [0.25, 0.3) is 0 Å². The summed E-state index contributed by atoms with van der Waals surface area (Å²) in [5.74, 6) is -0.0326. The number of halogens is 1. The molecule has 1 rings (SSSR count). The van der Waals surface area contributed by atoms with Gasteiger partial charge in [-0.25, -0.2) is 4.68 Å². The fourth-order valence-electron chi connectivity index (χ4n) is 1.39. The Morgan fingerprint density at radius 1 is 1.58 bits per heavy atom. The van der Waals surface area contributed by atoms with Gasteiger partial charge in [0.1, 0.15) is 5.02 Å². The minimum Gasteiger partial charge on any atom is -0.382 e. The van der Waals surface area contributed by atoms with Crippen LogP contribution in [0.5, 0.6) is 0 Å². The third-order valence-electron chi connectivity index (χ3n) is 2.77. The van der Waals surface area contributed by atoms with E-state index in [0.717, 1.165) is 11.1 Å². The molecular weight excluding hydrogens is 268 g/mol. The van der Waals surface area contributed by atoms with Crippen LogP contribution in [-0.4, -0.2) is 28.3 Å². The van der Waals surface area contributed by atoms with Gasteiger partial charge >= 0.3 is 0 Å². The van der Waals surface area contributed by atoms with E-state index >= 15 is 0 Å². The largest absolute Gasteiger partial charge is 0.382 e. The summed E-state index contributed by atoms with van der Waals surface area (Å²) < 4.78 is 1.16. The highest BCUT2D eigenvalue weighted by Gasteiger charge is 2.08. The second kappa shape index (κ2) is 7.13. The molecule has 0 saturated carbocycles. The van der Waals surface area contributed by atoms with Crippen molar-refractivity contribution in [2.45, 2.75) is 32.7 Å². The van der Waals surface area contributed by atoms with Gasteiger partial charge in [0.05, 0.1) is 11.9 Å². The van der Waals surface area contributed by atoms with Crippen LogP contribution in [0.2, 0.25) is 5.02 Å². The van der Waals surface area contributed by atoms with Crippen LogP contribution >= 0.6 is 11.6 Å². The Morgan fingerprint density at radius 2 is 2.26 bits per heavy atom. The summed E-state index contributed by atoms with van der Waals surface area (Å²) in [7, 11) is 1.53. The Bertz CT molecular complexity index is 501. The van der Waals surface area contributed by atoms with E-state index in [2.05, 4.69) is 15.7 Å². The Kier molecular flexibility index (Phi) is 5.82. The molecule has 2 N–H and O–H groups in total. The van der Waals surface area contributed by atoms with E-state index in [1.165, 1.54) is 13.2 Å². The highest BCUT2D eigenvalue weighted by Crippen LogP contribution is 2.14. The van der Waals surface area contributed by atoms with Gasteiger partial charge in [0.25, 0.3) is 5.56 Å². The predicted octanol–water partition coefficient (Wildman–Crippen LogP) is 1.15. The van der Waals surface area contributed by atoms with Crippen molar-refractivity contribution >= 4 is 23.2 Å². The Hall–Kier alpha value is -1.56. The molecule has 0 radical (unpaired) electrons. The van der Waals surface area contributed by atoms with Crippen LogP contribution in [-0.2, 0) is 11.8 Å². The lowest BCUT2D eigenvalue weighted by Gasteiger charge is -2.12. The number of carbonyl (C=O) groups excluding carboxylic acids is 1. The van der Waals surface area contributed by atoms with E-state index < -0.39 is 0 Å². The van der Waals surface area contributed by atoms with Crippen LogP contribution in [0.4, 0.5) is 5.69 Å². The summed E-state index contributed by atoms with van der Waals surface area (Å²) in [6.45, 7) is 4.36. The number of nitrogens with one attached hydrogen (secondary N) is 2. The highest BCUT2D eigenvalue weighted by molar-refractivity contribution is 6.32. The van der Waals surface area contributed by atoms with Gasteiger partial charge in [0, 0.05) is 26.1 Å². The molecule has 0 bridgehead atoms. The van der Waals surface area contributed by atoms with Crippen LogP contribution < -0.4 is 16.2 Å². The molecule has 19 heavy (non-hydrogen) atoms. The van der Waals surface area contributed by atoms with Gasteiger partial charge in [0.2, 0.25) is 5.91 Å². The quantitative estimate of drug-likeness (QED) is 0.822. The second-order valence-electron chi connectivity index (χ2n) is 4.35. The summed E-state index contributed by atoms with van der Waals surface area (Å²) in [4.78, 5) is 23.1. The van der Waals surface area contributed by atoms with Crippen molar-refractivity contribution in [1.29, 1.82) is 0 Å². The number of aryl methyl sites for hydroxylation is 1. The van der Waals surface area contributed by atoms with Crippen LogP contribution in [0.1, 0.15) is 26.7 Å². The van der Waals surface area contributed by atoms with Gasteiger partial charge in [0.15, 0.2) is 0 Å². The second-order valence-corrected chi connectivity index (χ2v) is 4.73. The number of anilines is 1. The Balaban J connectivity index is 2.48. The first-order chi connectivity index (χ1) is 8.95. The summed E-state index contributed by atoms with van der Waals surface area (Å²) in [5.41, 5.74) is 0.0804. The fourth-order valence-corrected chi connectivity index (χ4v) is 1.63. The molecule has 0 aliphatic heterocycles. The Labute approximate surface area is 117 Å². The average Bonchev–Trinajstić information content (AvgIpc) is 2.38. The van der Waals surface area contributed by atoms with Crippen molar-refractivity contribution in [3.8, 4) is 0 Å². The molecule has 0 saturated heterocycles. The lowest BCUT2D eigenvalue weighted by Crippen LogP contribution is -2.33. The molecular formula is C12H19ClN4O2. The van der Waals surface area contributed by atoms with Crippen LogP contribution in [0.3, 0.4) is 0 Å². The van der Waals surface area contributed by atoms with Gasteiger partial charge < -0.3 is 10.6 Å². The number of nitrogens with zero attached hydrogens (tertiary/aromatic N) is 2. The average molecular weight is 287 g/mol. The van der Waals surface area contributed by atoms with Crippen LogP contribution in [0.15, 0.2) is 11.0 Å². The normalized spacial score (nSPS) is 12.0. The van der Waals surface area contributed by atoms with Gasteiger partial charge in [-0.05, 0) is 13.3 Å². The van der Waals surface area contributed by atoms with Gasteiger partial charge in [-0.1, -0.05) is 18.5 Å². The minimum absolute atomic E-state index is 0.0326. The SMILES string of the molecule is CCC(C)NC(=O)CCNc1cnn(C)c(=O)c1Cl. The lowest BCUT2D eigenvalue weighted by atomic mass is 10.2. The van der Waals surface area contributed by atoms with E-state index in [-0.39, 0.29) is 22.5 Å². The van der Waals surface area contributed by atoms with E-state index in [1.54, 1.807) is 0 Å². The molecule has 1 aromatic heterocycles. The lowest BCUT2D eigenvalue weighted by molar-refractivity contribution is -0.121. The van der Waals surface area contributed by atoms with Crippen molar-refractivity contribution in [3.05, 3.63) is 21.6 Å². The first kappa shape index (κ1) is 15.5. The number of rotatable bonds is 6. The predicted molar refractivity (Wildman–Crippen MR) is 75.5 cm³/mol. The topological polar surface area (TPSA) is 76.0 Å². The third-order valence-corrected chi connectivity index (χ3v) is 3.13. The minimum atomic E-state index is -0.365. The maximum absolute atomic E-state index is 11.5. The standard InChI is InChI=1S/C12H19ClN4O2/c1-4-8(2)16-10(18)5-6-14-9-7-15-17(3)12(19)11(9)13/h7-8,14H,4-6H2,1-3H3,(H,16,18). The summed E-state index contributed by atoms with van der Waals surface area (Å²) in [6.07, 6.45) is 2.68. The summed E-state index contributed by atoms with van der Waals surface area (Å²) in [5, 5.41) is 9.73. The number of amides is 1. The first-order valence-electron chi connectivity index (χ1n) is 6.20. The van der Waals surface area contributed by atoms with Gasteiger partial charge in [-0.15, -0.1) is 0 Å². The molecule has 7 heteroatoms. The van der Waals surface area contributed by atoms with Crippen molar-refractivity contribution < 1.29 is 4.79 Å². The molecule has 6 nitrogen and oxygen atoms in total. The maximum atomic E-state index is 11.5. The molecule has 106 valence electrons. The molecule has 0 fully saturated rings. The first-order valence-corrected chi connectivity index (χ1v) is 6.58. The number of hydrogen-bond donors (Lipinski definition) is 2. The molecule has 0 aliphatic rings. The van der Waals surface area contributed by atoms with Crippen molar-refractivity contribution in [3.63, 3.8) is 0 Å². The molecule has 0 spiro atoms. The van der Waals surface area contributed by atoms with Crippen LogP contribution in [0, 0.1) is 0 Å². The van der Waals surface area contributed by atoms with E-state index in [0.29, 0.717) is 18.7 Å². The zero-order valence-corrected chi connectivity index (χ0v) is 12.1. The zero-order chi connectivity index (χ0) is 14.4. The zero-order valence-electron chi connectivity index (χ0n) is 11.4. The van der Waals surface area contributed by atoms with E-state index in [1.807, 2.05) is 13.8 Å². The van der Waals surface area contributed by atoms with Crippen molar-refractivity contribution in [2.24, 2.45) is 7.05 Å². The smallest absolute Gasteiger partial charge is 0.287 e. The molecule has 0 aromatic carbocycles. The van der Waals surface area contributed by atoms with Gasteiger partial charge in [-0.3, -0.25) is 9.59 Å². The molecule has 0 aliphatic carbocycles.